The Morgan fingerprint density at radius 3 is 1.53 bits per heavy atom. The molecule has 0 unspecified atom stereocenters. The molecule has 0 radical (unpaired) electrons. The predicted molar refractivity (Wildman–Crippen MR) is 64.6 cm³/mol. The summed E-state index contributed by atoms with van der Waals surface area (Å²) in [6.45, 7) is 6.65. The molecule has 0 amide bonds. The summed E-state index contributed by atoms with van der Waals surface area (Å²) in [5.41, 5.74) is 0. The third kappa shape index (κ3) is 16.6. The van der Waals surface area contributed by atoms with Gasteiger partial charge in [0.05, 0.1) is 0 Å². The Labute approximate surface area is 107 Å². The molecule has 0 N–H and O–H groups in total. The molecule has 0 saturated carbocycles. The summed E-state index contributed by atoms with van der Waals surface area (Å²) in [4.78, 5) is 3.78. The van der Waals surface area contributed by atoms with E-state index in [9.17, 15) is 0 Å². The van der Waals surface area contributed by atoms with E-state index < -0.39 is 8.24 Å². The fourth-order valence-electron chi connectivity index (χ4n) is 0.913. The quantitative estimate of drug-likeness (QED) is 0.505. The maximum absolute atomic E-state index is 4.38. The molecule has 80 valence electrons. The molecule has 1 aromatic rings. The molecule has 5 heteroatoms. The Morgan fingerprint density at radius 1 is 1.00 bits per heavy atom. The topological polar surface area (TPSA) is 30.2 Å². The van der Waals surface area contributed by atoms with Crippen molar-refractivity contribution in [3.05, 3.63) is 35.7 Å². The molecule has 0 spiro atoms. The molecule has 0 aromatic carbocycles. The van der Waals surface area contributed by atoms with E-state index in [0.717, 1.165) is 0 Å². The molecule has 15 heavy (non-hydrogen) atoms. The van der Waals surface area contributed by atoms with Crippen molar-refractivity contribution >= 4 is 8.24 Å². The first-order chi connectivity index (χ1) is 6.42. The Hall–Kier alpha value is -0.116. The maximum atomic E-state index is 4.38. The van der Waals surface area contributed by atoms with Gasteiger partial charge in [0, 0.05) is 12.4 Å². The summed E-state index contributed by atoms with van der Waals surface area (Å²) < 4.78 is 0. The van der Waals surface area contributed by atoms with Crippen molar-refractivity contribution in [2.75, 3.05) is 14.1 Å². The smallest absolute Gasteiger partial charge is 0.598 e. The second-order valence-electron chi connectivity index (χ2n) is 4.14. The van der Waals surface area contributed by atoms with Gasteiger partial charge in [0.15, 0.2) is 0 Å². The molecule has 0 saturated heterocycles. The van der Waals surface area contributed by atoms with Gasteiger partial charge in [-0.3, -0.25) is 4.98 Å². The molecule has 0 aliphatic carbocycles. The molecule has 1 aromatic heterocycles. The van der Waals surface area contributed by atoms with Crippen LogP contribution in [-0.4, -0.2) is 32.3 Å². The van der Waals surface area contributed by atoms with E-state index in [1.165, 1.54) is 0 Å². The largest absolute Gasteiger partial charge is 1.00 e. The Morgan fingerprint density at radius 2 is 1.47 bits per heavy atom. The van der Waals surface area contributed by atoms with Crippen LogP contribution in [0, 0.1) is 0 Å². The fraction of sp³-hybridized carbons (Fsp3) is 0.500. The summed E-state index contributed by atoms with van der Waals surface area (Å²) in [6.07, 6.45) is 3.50. The number of nitrogens with zero attached hydrogens (tertiary/aromatic N) is 3. The van der Waals surface area contributed by atoms with E-state index in [4.69, 9.17) is 0 Å². The van der Waals surface area contributed by atoms with E-state index in [0.29, 0.717) is 0 Å². The van der Waals surface area contributed by atoms with Crippen LogP contribution in [0.15, 0.2) is 30.6 Å². The van der Waals surface area contributed by atoms with E-state index in [-0.39, 0.29) is 18.9 Å². The van der Waals surface area contributed by atoms with Gasteiger partial charge in [0.2, 0.25) is 0 Å². The maximum Gasteiger partial charge on any atom is 1.00 e. The van der Waals surface area contributed by atoms with Crippen LogP contribution in [0.25, 0.3) is 5.09 Å². The van der Waals surface area contributed by atoms with Crippen molar-refractivity contribution < 1.29 is 18.9 Å². The van der Waals surface area contributed by atoms with Gasteiger partial charge in [0.25, 0.3) is 0 Å². The SMILES string of the molecule is CN(C)[N-][Si](C)(C)C.[Li+].c1ccncc1. The van der Waals surface area contributed by atoms with Crippen LogP contribution in [-0.2, 0) is 0 Å². The van der Waals surface area contributed by atoms with Crippen LogP contribution in [0.2, 0.25) is 19.6 Å². The van der Waals surface area contributed by atoms with Crippen molar-refractivity contribution in [1.82, 2.24) is 9.99 Å². The predicted octanol–water partition coefficient (Wildman–Crippen LogP) is -0.243. The Kier molecular flexibility index (Phi) is 10.5. The molecule has 1 heterocycles. The van der Waals surface area contributed by atoms with Crippen molar-refractivity contribution in [1.29, 1.82) is 0 Å². The van der Waals surface area contributed by atoms with Crippen LogP contribution in [0.4, 0.5) is 0 Å². The van der Waals surface area contributed by atoms with Gasteiger partial charge in [-0.05, 0) is 26.2 Å². The van der Waals surface area contributed by atoms with Crippen molar-refractivity contribution in [2.45, 2.75) is 19.6 Å². The van der Waals surface area contributed by atoms with Gasteiger partial charge >= 0.3 is 18.9 Å². The van der Waals surface area contributed by atoms with Crippen LogP contribution in [0.5, 0.6) is 0 Å². The van der Waals surface area contributed by atoms with Gasteiger partial charge < -0.3 is 10.1 Å². The second-order valence-corrected chi connectivity index (χ2v) is 8.68. The van der Waals surface area contributed by atoms with E-state index >= 15 is 0 Å². The number of rotatable bonds is 2. The van der Waals surface area contributed by atoms with Crippen molar-refractivity contribution in [3.8, 4) is 0 Å². The first-order valence-corrected chi connectivity index (χ1v) is 8.11. The van der Waals surface area contributed by atoms with Gasteiger partial charge in [-0.2, -0.15) is 0 Å². The molecule has 0 fully saturated rings. The number of aromatic nitrogens is 1. The summed E-state index contributed by atoms with van der Waals surface area (Å²) in [7, 11) is 2.77. The summed E-state index contributed by atoms with van der Waals surface area (Å²) in [5, 5.41) is 6.28. The molecule has 0 aliphatic rings. The minimum absolute atomic E-state index is 0. The first-order valence-electron chi connectivity index (χ1n) is 4.67. The summed E-state index contributed by atoms with van der Waals surface area (Å²) >= 11 is 0. The molecular formula is C10H20LiN3Si. The van der Waals surface area contributed by atoms with Crippen LogP contribution >= 0.6 is 0 Å². The summed E-state index contributed by atoms with van der Waals surface area (Å²) in [6, 6.07) is 5.72. The third-order valence-electron chi connectivity index (χ3n) is 1.07. The Balaban J connectivity index is 0. The van der Waals surface area contributed by atoms with Crippen LogP contribution < -0.4 is 18.9 Å². The Bertz CT molecular complexity index is 197. The second kappa shape index (κ2) is 9.14. The van der Waals surface area contributed by atoms with Crippen molar-refractivity contribution in [3.63, 3.8) is 0 Å². The monoisotopic (exact) mass is 217 g/mol. The molecule has 0 aliphatic heterocycles. The minimum Gasteiger partial charge on any atom is -0.598 e. The average molecular weight is 217 g/mol. The number of hydrogen-bond donors (Lipinski definition) is 0. The molecule has 3 nitrogen and oxygen atoms in total. The molecule has 0 atom stereocenters. The molecule has 1 rings (SSSR count). The van der Waals surface area contributed by atoms with Crippen LogP contribution in [0.1, 0.15) is 0 Å². The zero-order valence-electron chi connectivity index (χ0n) is 10.7. The van der Waals surface area contributed by atoms with Gasteiger partial charge in [0.1, 0.15) is 0 Å². The molecule has 0 bridgehead atoms. The number of hydrogen-bond acceptors (Lipinski definition) is 2. The standard InChI is InChI=1S/C5H15N2Si.C5H5N.Li/c1-7(2)6-8(3,4)5;1-2-4-6-5-3-1;/h1-5H3;1-5H;/q-1;;+1. The van der Waals surface area contributed by atoms with E-state index in [1.54, 1.807) is 12.4 Å². The van der Waals surface area contributed by atoms with E-state index in [2.05, 4.69) is 29.7 Å². The normalized spacial score (nSPS) is 10.0. The van der Waals surface area contributed by atoms with Gasteiger partial charge in [-0.1, -0.05) is 33.9 Å². The average Bonchev–Trinajstić information content (AvgIpc) is 2.03. The third-order valence-corrected chi connectivity index (χ3v) is 2.07. The van der Waals surface area contributed by atoms with E-state index in [1.807, 2.05) is 37.3 Å². The van der Waals surface area contributed by atoms with Gasteiger partial charge in [-0.25, -0.2) is 0 Å². The zero-order chi connectivity index (χ0) is 11.0. The number of pyridine rings is 1. The first kappa shape index (κ1) is 17.3. The van der Waals surface area contributed by atoms with Crippen LogP contribution in [0.3, 0.4) is 0 Å². The zero-order valence-corrected chi connectivity index (χ0v) is 11.7. The van der Waals surface area contributed by atoms with Crippen molar-refractivity contribution in [2.24, 2.45) is 0 Å². The molecular weight excluding hydrogens is 197 g/mol. The minimum atomic E-state index is -1.17. The summed E-state index contributed by atoms with van der Waals surface area (Å²) in [5.74, 6) is 0. The van der Waals surface area contributed by atoms with Gasteiger partial charge in [-0.15, -0.1) is 0 Å². The fourth-order valence-corrected chi connectivity index (χ4v) is 2.11.